The zero-order chi connectivity index (χ0) is 14.7. The average molecular weight is 288 g/mol. The minimum atomic E-state index is 0.251. The highest BCUT2D eigenvalue weighted by Crippen LogP contribution is 2.28. The quantitative estimate of drug-likeness (QED) is 0.925. The second-order valence-corrected chi connectivity index (χ2v) is 6.73. The fourth-order valence-electron chi connectivity index (χ4n) is 3.50. The summed E-state index contributed by atoms with van der Waals surface area (Å²) in [6.07, 6.45) is 2.54. The molecular weight excluding hydrogens is 260 g/mol. The number of hydrogen-bond acceptors (Lipinski definition) is 3. The van der Waals surface area contributed by atoms with Gasteiger partial charge in [0, 0.05) is 19.1 Å². The van der Waals surface area contributed by atoms with E-state index in [0.29, 0.717) is 12.0 Å². The van der Waals surface area contributed by atoms with Crippen LogP contribution in [-0.2, 0) is 11.2 Å². The van der Waals surface area contributed by atoms with Crippen molar-refractivity contribution in [1.82, 2.24) is 10.2 Å². The van der Waals surface area contributed by atoms with E-state index in [0.717, 1.165) is 32.7 Å². The molecule has 0 amide bonds. The normalized spacial score (nSPS) is 27.4. The van der Waals surface area contributed by atoms with E-state index in [2.05, 4.69) is 48.3 Å². The lowest BCUT2D eigenvalue weighted by Crippen LogP contribution is -2.43. The van der Waals surface area contributed by atoms with Gasteiger partial charge in [0.15, 0.2) is 0 Å². The van der Waals surface area contributed by atoms with Gasteiger partial charge in [0.2, 0.25) is 0 Å². The molecule has 0 saturated carbocycles. The van der Waals surface area contributed by atoms with Crippen molar-refractivity contribution in [2.75, 3.05) is 32.8 Å². The molecule has 0 aliphatic carbocycles. The van der Waals surface area contributed by atoms with Crippen molar-refractivity contribution in [1.29, 1.82) is 0 Å². The summed E-state index contributed by atoms with van der Waals surface area (Å²) in [4.78, 5) is 2.59. The monoisotopic (exact) mass is 288 g/mol. The molecular formula is C18H28N2O. The molecule has 1 aromatic rings. The third kappa shape index (κ3) is 3.65. The van der Waals surface area contributed by atoms with E-state index in [9.17, 15) is 0 Å². The molecule has 2 unspecified atom stereocenters. The zero-order valence-electron chi connectivity index (χ0n) is 13.3. The van der Waals surface area contributed by atoms with Crippen LogP contribution >= 0.6 is 0 Å². The minimum absolute atomic E-state index is 0.251. The summed E-state index contributed by atoms with van der Waals surface area (Å²) in [7, 11) is 0. The van der Waals surface area contributed by atoms with Gasteiger partial charge in [-0.2, -0.15) is 0 Å². The molecule has 2 atom stereocenters. The minimum Gasteiger partial charge on any atom is -0.372 e. The summed E-state index contributed by atoms with van der Waals surface area (Å²) < 4.78 is 6.08. The molecule has 0 bridgehead atoms. The first-order chi connectivity index (χ1) is 10.2. The summed E-state index contributed by atoms with van der Waals surface area (Å²) in [5.41, 5.74) is 2.88. The number of fused-ring (bicyclic) bond motifs is 1. The van der Waals surface area contributed by atoms with E-state index >= 15 is 0 Å². The van der Waals surface area contributed by atoms with Crippen LogP contribution in [0.25, 0.3) is 0 Å². The second-order valence-electron chi connectivity index (χ2n) is 6.73. The fourth-order valence-corrected chi connectivity index (χ4v) is 3.50. The molecule has 3 rings (SSSR count). The van der Waals surface area contributed by atoms with E-state index in [1.165, 1.54) is 24.1 Å². The van der Waals surface area contributed by atoms with Gasteiger partial charge in [-0.15, -0.1) is 0 Å². The third-order valence-electron chi connectivity index (χ3n) is 4.83. The van der Waals surface area contributed by atoms with Crippen LogP contribution in [0.2, 0.25) is 0 Å². The van der Waals surface area contributed by atoms with Gasteiger partial charge in [0.1, 0.15) is 0 Å². The predicted molar refractivity (Wildman–Crippen MR) is 86.5 cm³/mol. The first-order valence-corrected chi connectivity index (χ1v) is 8.39. The highest BCUT2D eigenvalue weighted by atomic mass is 16.5. The summed E-state index contributed by atoms with van der Waals surface area (Å²) in [5.74, 6) is 0.685. The number of nitrogens with zero attached hydrogens (tertiary/aromatic N) is 1. The molecule has 0 radical (unpaired) electrons. The Morgan fingerprint density at radius 1 is 1.33 bits per heavy atom. The number of rotatable bonds is 3. The number of ether oxygens (including phenoxy) is 1. The Labute approximate surface area is 128 Å². The summed E-state index contributed by atoms with van der Waals surface area (Å²) in [6, 6.07) is 9.39. The maximum absolute atomic E-state index is 6.08. The Morgan fingerprint density at radius 2 is 2.19 bits per heavy atom. The molecule has 3 heteroatoms. The van der Waals surface area contributed by atoms with Crippen LogP contribution in [0.4, 0.5) is 0 Å². The Bertz CT molecular complexity index is 460. The molecule has 3 nitrogen and oxygen atoms in total. The maximum Gasteiger partial charge on any atom is 0.0954 e. The van der Waals surface area contributed by atoms with E-state index in [4.69, 9.17) is 4.74 Å². The van der Waals surface area contributed by atoms with Crippen molar-refractivity contribution in [3.8, 4) is 0 Å². The fraction of sp³-hybridized carbons (Fsp3) is 0.667. The van der Waals surface area contributed by atoms with Crippen LogP contribution < -0.4 is 5.32 Å². The Hall–Kier alpha value is -0.900. The molecule has 1 fully saturated rings. The Kier molecular flexibility index (Phi) is 4.94. The molecule has 0 aromatic heterocycles. The summed E-state index contributed by atoms with van der Waals surface area (Å²) >= 11 is 0. The highest BCUT2D eigenvalue weighted by molar-refractivity contribution is 5.31. The zero-order valence-corrected chi connectivity index (χ0v) is 13.3. The molecule has 2 aliphatic heterocycles. The number of nitrogens with one attached hydrogen (secondary N) is 1. The van der Waals surface area contributed by atoms with E-state index in [1.807, 2.05) is 0 Å². The predicted octanol–water partition coefficient (Wildman–Crippen LogP) is 2.62. The van der Waals surface area contributed by atoms with E-state index in [-0.39, 0.29) is 6.10 Å². The first kappa shape index (κ1) is 15.0. The van der Waals surface area contributed by atoms with Gasteiger partial charge in [-0.3, -0.25) is 4.90 Å². The molecule has 1 N–H and O–H groups in total. The van der Waals surface area contributed by atoms with E-state index < -0.39 is 0 Å². The van der Waals surface area contributed by atoms with Crippen LogP contribution in [0.3, 0.4) is 0 Å². The smallest absolute Gasteiger partial charge is 0.0954 e. The van der Waals surface area contributed by atoms with Gasteiger partial charge in [-0.25, -0.2) is 0 Å². The summed E-state index contributed by atoms with van der Waals surface area (Å²) in [6.45, 7) is 9.98. The topological polar surface area (TPSA) is 24.5 Å². The van der Waals surface area contributed by atoms with Crippen molar-refractivity contribution >= 4 is 0 Å². The lowest BCUT2D eigenvalue weighted by atomic mass is 9.97. The van der Waals surface area contributed by atoms with Crippen molar-refractivity contribution < 1.29 is 4.74 Å². The molecule has 1 aromatic carbocycles. The average Bonchev–Trinajstić information content (AvgIpc) is 2.73. The first-order valence-electron chi connectivity index (χ1n) is 8.39. The Morgan fingerprint density at radius 3 is 3.05 bits per heavy atom. The van der Waals surface area contributed by atoms with Crippen LogP contribution in [-0.4, -0.2) is 43.7 Å². The molecule has 2 heterocycles. The van der Waals surface area contributed by atoms with Crippen LogP contribution in [0, 0.1) is 5.92 Å². The van der Waals surface area contributed by atoms with Gasteiger partial charge in [0.05, 0.1) is 12.7 Å². The van der Waals surface area contributed by atoms with Crippen LogP contribution in [0.5, 0.6) is 0 Å². The van der Waals surface area contributed by atoms with Gasteiger partial charge < -0.3 is 10.1 Å². The van der Waals surface area contributed by atoms with Crippen molar-refractivity contribution in [2.45, 2.75) is 38.8 Å². The van der Waals surface area contributed by atoms with Crippen molar-refractivity contribution in [3.05, 3.63) is 35.4 Å². The molecule has 0 spiro atoms. The summed E-state index contributed by atoms with van der Waals surface area (Å²) in [5, 5.41) is 3.68. The standard InChI is InChI=1S/C18H28N2O/c1-14(2)17-12-20(10-5-9-19-17)13-18-16-7-4-3-6-15(16)8-11-21-18/h3-4,6-7,14,17-19H,5,8-13H2,1-2H3. The van der Waals surface area contributed by atoms with E-state index in [1.54, 1.807) is 0 Å². The number of benzene rings is 1. The molecule has 21 heavy (non-hydrogen) atoms. The molecule has 116 valence electrons. The lowest BCUT2D eigenvalue weighted by molar-refractivity contribution is 0.0148. The van der Waals surface area contributed by atoms with Crippen molar-refractivity contribution in [3.63, 3.8) is 0 Å². The molecule has 1 saturated heterocycles. The van der Waals surface area contributed by atoms with Crippen LogP contribution in [0.1, 0.15) is 37.5 Å². The maximum atomic E-state index is 6.08. The number of hydrogen-bond donors (Lipinski definition) is 1. The van der Waals surface area contributed by atoms with Gasteiger partial charge in [-0.05, 0) is 43.0 Å². The largest absolute Gasteiger partial charge is 0.372 e. The van der Waals surface area contributed by atoms with Gasteiger partial charge >= 0.3 is 0 Å². The SMILES string of the molecule is CC(C)C1CN(CC2OCCc3ccccc32)CCCN1. The van der Waals surface area contributed by atoms with Gasteiger partial charge in [-0.1, -0.05) is 38.1 Å². The lowest BCUT2D eigenvalue weighted by Gasteiger charge is -2.33. The van der Waals surface area contributed by atoms with Gasteiger partial charge in [0.25, 0.3) is 0 Å². The highest BCUT2D eigenvalue weighted by Gasteiger charge is 2.26. The molecule has 2 aliphatic rings. The Balaban J connectivity index is 1.68. The van der Waals surface area contributed by atoms with Crippen molar-refractivity contribution in [2.24, 2.45) is 5.92 Å². The third-order valence-corrected chi connectivity index (χ3v) is 4.83. The second kappa shape index (κ2) is 6.91. The van der Waals surface area contributed by atoms with Crippen LogP contribution in [0.15, 0.2) is 24.3 Å².